The molecular weight excluding hydrogens is 228 g/mol. The molecular formula is C15H30O3. The van der Waals surface area contributed by atoms with Gasteiger partial charge in [0.15, 0.2) is 6.10 Å². The second kappa shape index (κ2) is 11.5. The molecule has 0 saturated heterocycles. The molecule has 0 aromatic heterocycles. The lowest BCUT2D eigenvalue weighted by atomic mass is 10.1. The van der Waals surface area contributed by atoms with Crippen molar-refractivity contribution in [2.24, 2.45) is 5.92 Å². The Bertz CT molecular complexity index is 202. The third-order valence-electron chi connectivity index (χ3n) is 2.97. The van der Waals surface area contributed by atoms with E-state index >= 15 is 0 Å². The maximum absolute atomic E-state index is 11.5. The first kappa shape index (κ1) is 17.4. The van der Waals surface area contributed by atoms with Gasteiger partial charge in [-0.2, -0.15) is 0 Å². The molecule has 0 fully saturated rings. The molecule has 0 unspecified atom stereocenters. The van der Waals surface area contributed by atoms with Gasteiger partial charge >= 0.3 is 5.97 Å². The minimum Gasteiger partial charge on any atom is -0.467 e. The van der Waals surface area contributed by atoms with Gasteiger partial charge in [-0.3, -0.25) is 0 Å². The molecule has 3 heteroatoms. The summed E-state index contributed by atoms with van der Waals surface area (Å²) in [5, 5.41) is 0. The van der Waals surface area contributed by atoms with Gasteiger partial charge in [0.05, 0.1) is 7.11 Å². The second-order valence-electron chi connectivity index (χ2n) is 5.28. The molecule has 0 radical (unpaired) electrons. The van der Waals surface area contributed by atoms with Gasteiger partial charge in [-0.25, -0.2) is 4.79 Å². The fraction of sp³-hybridized carbons (Fsp3) is 0.933. The Kier molecular flexibility index (Phi) is 11.2. The van der Waals surface area contributed by atoms with E-state index in [1.807, 2.05) is 0 Å². The molecule has 0 aliphatic heterocycles. The van der Waals surface area contributed by atoms with Crippen LogP contribution in [0.25, 0.3) is 0 Å². The van der Waals surface area contributed by atoms with E-state index in [9.17, 15) is 4.79 Å². The fourth-order valence-corrected chi connectivity index (χ4v) is 1.90. The Balaban J connectivity index is 3.66. The highest BCUT2D eigenvalue weighted by molar-refractivity contribution is 5.74. The molecule has 0 aromatic rings. The van der Waals surface area contributed by atoms with Crippen LogP contribution in [0.15, 0.2) is 0 Å². The smallest absolute Gasteiger partial charge is 0.334 e. The van der Waals surface area contributed by atoms with Crippen molar-refractivity contribution in [1.82, 2.24) is 0 Å². The highest BCUT2D eigenvalue weighted by Gasteiger charge is 2.20. The summed E-state index contributed by atoms with van der Waals surface area (Å²) in [7, 11) is 1.42. The monoisotopic (exact) mass is 258 g/mol. The van der Waals surface area contributed by atoms with Crippen molar-refractivity contribution in [3.8, 4) is 0 Å². The lowest BCUT2D eigenvalue weighted by molar-refractivity contribution is -0.155. The highest BCUT2D eigenvalue weighted by Crippen LogP contribution is 2.11. The zero-order valence-corrected chi connectivity index (χ0v) is 12.5. The maximum atomic E-state index is 11.5. The lowest BCUT2D eigenvalue weighted by Gasteiger charge is -2.17. The van der Waals surface area contributed by atoms with Gasteiger partial charge in [-0.1, -0.05) is 52.9 Å². The maximum Gasteiger partial charge on any atom is 0.334 e. The van der Waals surface area contributed by atoms with Crippen LogP contribution in [0, 0.1) is 5.92 Å². The third kappa shape index (κ3) is 9.46. The number of carbonyl (C=O) groups excluding carboxylic acids is 1. The predicted octanol–water partition coefficient (Wildman–Crippen LogP) is 3.95. The van der Waals surface area contributed by atoms with E-state index in [2.05, 4.69) is 20.8 Å². The molecule has 1 atom stereocenters. The molecule has 0 rings (SSSR count). The molecule has 108 valence electrons. The molecule has 0 spiro atoms. The van der Waals surface area contributed by atoms with E-state index in [4.69, 9.17) is 9.47 Å². The van der Waals surface area contributed by atoms with Crippen LogP contribution in [-0.2, 0) is 14.3 Å². The Morgan fingerprint density at radius 3 is 2.22 bits per heavy atom. The van der Waals surface area contributed by atoms with Gasteiger partial charge in [0.2, 0.25) is 0 Å². The summed E-state index contributed by atoms with van der Waals surface area (Å²) in [5.74, 6) is 0.202. The van der Waals surface area contributed by atoms with Crippen LogP contribution in [-0.4, -0.2) is 25.8 Å². The molecule has 0 aliphatic carbocycles. The summed E-state index contributed by atoms with van der Waals surface area (Å²) in [6.45, 7) is 7.06. The van der Waals surface area contributed by atoms with E-state index in [0.29, 0.717) is 12.5 Å². The van der Waals surface area contributed by atoms with Crippen molar-refractivity contribution in [3.63, 3.8) is 0 Å². The number of rotatable bonds is 11. The van der Waals surface area contributed by atoms with E-state index in [-0.39, 0.29) is 12.1 Å². The third-order valence-corrected chi connectivity index (χ3v) is 2.97. The van der Waals surface area contributed by atoms with Gasteiger partial charge in [0.1, 0.15) is 0 Å². The van der Waals surface area contributed by atoms with Gasteiger partial charge in [-0.15, -0.1) is 0 Å². The van der Waals surface area contributed by atoms with Crippen molar-refractivity contribution in [1.29, 1.82) is 0 Å². The summed E-state index contributed by atoms with van der Waals surface area (Å²) >= 11 is 0. The van der Waals surface area contributed by atoms with Crippen LogP contribution in [0.3, 0.4) is 0 Å². The van der Waals surface area contributed by atoms with Gasteiger partial charge < -0.3 is 9.47 Å². The first-order chi connectivity index (χ1) is 8.61. The molecule has 0 bridgehead atoms. The van der Waals surface area contributed by atoms with Crippen LogP contribution >= 0.6 is 0 Å². The van der Waals surface area contributed by atoms with Crippen LogP contribution in [0.4, 0.5) is 0 Å². The van der Waals surface area contributed by atoms with E-state index in [1.165, 1.54) is 39.2 Å². The summed E-state index contributed by atoms with van der Waals surface area (Å²) in [5.41, 5.74) is 0. The SMILES string of the molecule is CCCCCCCCO[C@@H](CC(C)C)C(=O)OC. The molecule has 18 heavy (non-hydrogen) atoms. The molecule has 0 saturated carbocycles. The molecule has 0 N–H and O–H groups in total. The number of esters is 1. The van der Waals surface area contributed by atoms with Crippen LogP contribution in [0.1, 0.15) is 65.7 Å². The number of unbranched alkanes of at least 4 members (excludes halogenated alkanes) is 5. The normalized spacial score (nSPS) is 12.7. The van der Waals surface area contributed by atoms with Gasteiger partial charge in [-0.05, 0) is 18.8 Å². The Morgan fingerprint density at radius 2 is 1.67 bits per heavy atom. The minimum absolute atomic E-state index is 0.241. The average Bonchev–Trinajstić information content (AvgIpc) is 2.34. The summed E-state index contributed by atoms with van der Waals surface area (Å²) < 4.78 is 10.4. The molecule has 0 aromatic carbocycles. The largest absolute Gasteiger partial charge is 0.467 e. The van der Waals surface area contributed by atoms with Crippen LogP contribution < -0.4 is 0 Å². The van der Waals surface area contributed by atoms with E-state index in [1.54, 1.807) is 0 Å². The highest BCUT2D eigenvalue weighted by atomic mass is 16.6. The second-order valence-corrected chi connectivity index (χ2v) is 5.28. The Labute approximate surface area is 112 Å². The topological polar surface area (TPSA) is 35.5 Å². The van der Waals surface area contributed by atoms with Crippen molar-refractivity contribution in [2.75, 3.05) is 13.7 Å². The first-order valence-electron chi connectivity index (χ1n) is 7.31. The first-order valence-corrected chi connectivity index (χ1v) is 7.31. The van der Waals surface area contributed by atoms with Crippen molar-refractivity contribution >= 4 is 5.97 Å². The Morgan fingerprint density at radius 1 is 1.06 bits per heavy atom. The molecule has 0 heterocycles. The average molecular weight is 258 g/mol. The number of hydrogen-bond donors (Lipinski definition) is 0. The zero-order chi connectivity index (χ0) is 13.8. The summed E-state index contributed by atoms with van der Waals surface area (Å²) in [4.78, 5) is 11.5. The number of hydrogen-bond acceptors (Lipinski definition) is 3. The summed E-state index contributed by atoms with van der Waals surface area (Å²) in [6, 6.07) is 0. The lowest BCUT2D eigenvalue weighted by Crippen LogP contribution is -2.27. The number of carbonyl (C=O) groups is 1. The summed E-state index contributed by atoms with van der Waals surface area (Å²) in [6.07, 6.45) is 7.75. The molecule has 0 amide bonds. The van der Waals surface area contributed by atoms with Crippen molar-refractivity contribution in [2.45, 2.75) is 71.8 Å². The van der Waals surface area contributed by atoms with Gasteiger partial charge in [0, 0.05) is 6.61 Å². The van der Waals surface area contributed by atoms with Crippen LogP contribution in [0.5, 0.6) is 0 Å². The standard InChI is InChI=1S/C15H30O3/c1-5-6-7-8-9-10-11-18-14(12-13(2)3)15(16)17-4/h13-14H,5-12H2,1-4H3/t14-/m0/s1. The van der Waals surface area contributed by atoms with Crippen molar-refractivity contribution < 1.29 is 14.3 Å². The molecule has 0 aliphatic rings. The number of methoxy groups -OCH3 is 1. The minimum atomic E-state index is -0.384. The predicted molar refractivity (Wildman–Crippen MR) is 74.6 cm³/mol. The van der Waals surface area contributed by atoms with E-state index in [0.717, 1.165) is 12.8 Å². The fourth-order valence-electron chi connectivity index (χ4n) is 1.90. The quantitative estimate of drug-likeness (QED) is 0.416. The van der Waals surface area contributed by atoms with Gasteiger partial charge in [0.25, 0.3) is 0 Å². The van der Waals surface area contributed by atoms with E-state index < -0.39 is 0 Å². The number of ether oxygens (including phenoxy) is 2. The van der Waals surface area contributed by atoms with Crippen LogP contribution in [0.2, 0.25) is 0 Å². The molecule has 3 nitrogen and oxygen atoms in total. The zero-order valence-electron chi connectivity index (χ0n) is 12.5. The van der Waals surface area contributed by atoms with Crippen molar-refractivity contribution in [3.05, 3.63) is 0 Å². The Hall–Kier alpha value is -0.570.